The lowest BCUT2D eigenvalue weighted by Gasteiger charge is -2.16. The number of likely N-dealkylation sites (N-methyl/N-ethyl adjacent to an activating group) is 1. The lowest BCUT2D eigenvalue weighted by molar-refractivity contribution is -0.384. The first-order valence-electron chi connectivity index (χ1n) is 8.01. The first-order valence-corrected chi connectivity index (χ1v) is 9.83. The second-order valence-corrected chi connectivity index (χ2v) is 8.21. The summed E-state index contributed by atoms with van der Waals surface area (Å²) in [5, 5.41) is 13.4. The third kappa shape index (κ3) is 6.24. The van der Waals surface area contributed by atoms with E-state index >= 15 is 0 Å². The lowest BCUT2D eigenvalue weighted by atomic mass is 10.3. The quantitative estimate of drug-likeness (QED) is 0.376. The average molecular weight is 442 g/mol. The van der Waals surface area contributed by atoms with Crippen molar-refractivity contribution < 1.29 is 27.7 Å². The number of hydrogen-bond donors (Lipinski definition) is 1. The average Bonchev–Trinajstić information content (AvgIpc) is 2.67. The Kier molecular flexibility index (Phi) is 7.26. The van der Waals surface area contributed by atoms with Crippen LogP contribution in [0.3, 0.4) is 0 Å². The lowest BCUT2D eigenvalue weighted by Crippen LogP contribution is -2.34. The van der Waals surface area contributed by atoms with E-state index in [9.17, 15) is 28.1 Å². The molecule has 0 unspecified atom stereocenters. The van der Waals surface area contributed by atoms with Gasteiger partial charge in [0, 0.05) is 29.9 Å². The third-order valence-electron chi connectivity index (χ3n) is 3.58. The fourth-order valence-electron chi connectivity index (χ4n) is 2.14. The number of benzene rings is 2. The topological polar surface area (TPSA) is 136 Å². The number of nitrogens with one attached hydrogen (secondary N) is 1. The van der Waals surface area contributed by atoms with Crippen LogP contribution in [-0.2, 0) is 24.3 Å². The molecule has 154 valence electrons. The van der Waals surface area contributed by atoms with E-state index in [1.54, 1.807) is 0 Å². The number of anilines is 1. The first-order chi connectivity index (χ1) is 13.6. The molecule has 12 heteroatoms. The fraction of sp³-hybridized carbons (Fsp3) is 0.176. The third-order valence-corrected chi connectivity index (χ3v) is 5.65. The predicted molar refractivity (Wildman–Crippen MR) is 104 cm³/mol. The van der Waals surface area contributed by atoms with Crippen molar-refractivity contribution in [2.75, 3.05) is 25.5 Å². The minimum Gasteiger partial charge on any atom is -0.455 e. The minimum absolute atomic E-state index is 0.0550. The maximum absolute atomic E-state index is 12.4. The Morgan fingerprint density at radius 1 is 1.21 bits per heavy atom. The number of rotatable bonds is 8. The van der Waals surface area contributed by atoms with Crippen molar-refractivity contribution in [3.05, 3.63) is 63.7 Å². The van der Waals surface area contributed by atoms with E-state index in [1.807, 2.05) is 0 Å². The Morgan fingerprint density at radius 3 is 2.48 bits per heavy atom. The highest BCUT2D eigenvalue weighted by atomic mass is 35.5. The van der Waals surface area contributed by atoms with Crippen LogP contribution >= 0.6 is 11.6 Å². The van der Waals surface area contributed by atoms with Gasteiger partial charge < -0.3 is 10.1 Å². The van der Waals surface area contributed by atoms with E-state index in [-0.39, 0.29) is 16.3 Å². The van der Waals surface area contributed by atoms with Crippen LogP contribution in [-0.4, -0.2) is 49.7 Å². The Balaban J connectivity index is 1.88. The van der Waals surface area contributed by atoms with E-state index in [0.717, 1.165) is 10.4 Å². The number of amides is 1. The number of esters is 1. The number of non-ortho nitro benzene ring substituents is 1. The number of ether oxygens (including phenoxy) is 1. The number of halogens is 1. The van der Waals surface area contributed by atoms with Crippen LogP contribution in [0, 0.1) is 10.1 Å². The molecule has 0 aliphatic carbocycles. The van der Waals surface area contributed by atoms with Gasteiger partial charge in [0.15, 0.2) is 6.61 Å². The van der Waals surface area contributed by atoms with Gasteiger partial charge in [-0.3, -0.25) is 19.7 Å². The summed E-state index contributed by atoms with van der Waals surface area (Å²) >= 11 is 5.72. The van der Waals surface area contributed by atoms with Gasteiger partial charge in [-0.1, -0.05) is 17.7 Å². The van der Waals surface area contributed by atoms with E-state index < -0.39 is 40.0 Å². The molecule has 0 bridgehead atoms. The molecule has 0 atom stereocenters. The number of hydrogen-bond acceptors (Lipinski definition) is 7. The summed E-state index contributed by atoms with van der Waals surface area (Å²) in [5.41, 5.74) is -0.0588. The summed E-state index contributed by atoms with van der Waals surface area (Å²) < 4.78 is 30.3. The molecule has 2 aromatic rings. The van der Waals surface area contributed by atoms with Crippen molar-refractivity contribution >= 4 is 44.9 Å². The molecule has 0 radical (unpaired) electrons. The highest BCUT2D eigenvalue weighted by Crippen LogP contribution is 2.18. The number of nitro groups is 1. The van der Waals surface area contributed by atoms with Crippen molar-refractivity contribution in [1.29, 1.82) is 0 Å². The predicted octanol–water partition coefficient (Wildman–Crippen LogP) is 2.05. The molecular weight excluding hydrogens is 426 g/mol. The molecular formula is C17H16ClN3O7S. The van der Waals surface area contributed by atoms with E-state index in [0.29, 0.717) is 5.02 Å². The smallest absolute Gasteiger partial charge is 0.321 e. The highest BCUT2D eigenvalue weighted by Gasteiger charge is 2.24. The summed E-state index contributed by atoms with van der Waals surface area (Å²) in [4.78, 5) is 33.7. The fourth-order valence-corrected chi connectivity index (χ4v) is 3.38. The van der Waals surface area contributed by atoms with Gasteiger partial charge in [-0.15, -0.1) is 0 Å². The van der Waals surface area contributed by atoms with Crippen LogP contribution in [0.2, 0.25) is 5.02 Å². The SMILES string of the molecule is CN(CC(=O)OCC(=O)Nc1cccc([N+](=O)[O-])c1)S(=O)(=O)c1ccc(Cl)cc1. The van der Waals surface area contributed by atoms with E-state index in [2.05, 4.69) is 5.32 Å². The van der Waals surface area contributed by atoms with Crippen molar-refractivity contribution in [2.24, 2.45) is 0 Å². The summed E-state index contributed by atoms with van der Waals surface area (Å²) in [5.74, 6) is -1.68. The number of nitro benzene ring substituents is 1. The molecule has 10 nitrogen and oxygen atoms in total. The van der Waals surface area contributed by atoms with Gasteiger partial charge in [-0.05, 0) is 30.3 Å². The summed E-state index contributed by atoms with van der Waals surface area (Å²) in [6.45, 7) is -1.30. The second kappa shape index (κ2) is 9.45. The first kappa shape index (κ1) is 22.3. The standard InChI is InChI=1S/C17H16ClN3O7S/c1-20(29(26,27)15-7-5-12(18)6-8-15)10-17(23)28-11-16(22)19-13-3-2-4-14(9-13)21(24)25/h2-9H,10-11H2,1H3,(H,19,22). The van der Waals surface area contributed by atoms with Crippen LogP contribution in [0.25, 0.3) is 0 Å². The summed E-state index contributed by atoms with van der Waals surface area (Å²) in [7, 11) is -2.75. The molecule has 1 N–H and O–H groups in total. The van der Waals surface area contributed by atoms with Crippen molar-refractivity contribution in [1.82, 2.24) is 4.31 Å². The molecule has 1 amide bonds. The van der Waals surface area contributed by atoms with Gasteiger partial charge in [0.05, 0.1) is 9.82 Å². The van der Waals surface area contributed by atoms with Crippen LogP contribution < -0.4 is 5.32 Å². The molecule has 0 aromatic heterocycles. The van der Waals surface area contributed by atoms with E-state index in [1.165, 1.54) is 49.5 Å². The minimum atomic E-state index is -3.94. The van der Waals surface area contributed by atoms with Gasteiger partial charge in [0.1, 0.15) is 6.54 Å². The molecule has 0 aliphatic heterocycles. The Hall–Kier alpha value is -3.02. The Bertz CT molecular complexity index is 1030. The van der Waals surface area contributed by atoms with Gasteiger partial charge in [0.2, 0.25) is 10.0 Å². The maximum Gasteiger partial charge on any atom is 0.321 e. The van der Waals surface area contributed by atoms with E-state index in [4.69, 9.17) is 16.3 Å². The normalized spacial score (nSPS) is 11.1. The largest absolute Gasteiger partial charge is 0.455 e. The maximum atomic E-state index is 12.4. The summed E-state index contributed by atoms with van der Waals surface area (Å²) in [6, 6.07) is 10.6. The van der Waals surface area contributed by atoms with Crippen LogP contribution in [0.15, 0.2) is 53.4 Å². The van der Waals surface area contributed by atoms with Crippen molar-refractivity contribution in [3.63, 3.8) is 0 Å². The molecule has 2 aromatic carbocycles. The molecule has 2 rings (SSSR count). The molecule has 0 spiro atoms. The number of sulfonamides is 1. The molecule has 0 heterocycles. The van der Waals surface area contributed by atoms with Crippen LogP contribution in [0.4, 0.5) is 11.4 Å². The summed E-state index contributed by atoms with van der Waals surface area (Å²) in [6.07, 6.45) is 0. The highest BCUT2D eigenvalue weighted by molar-refractivity contribution is 7.89. The zero-order chi connectivity index (χ0) is 21.6. The monoisotopic (exact) mass is 441 g/mol. The zero-order valence-electron chi connectivity index (χ0n) is 15.1. The second-order valence-electron chi connectivity index (χ2n) is 5.73. The van der Waals surface area contributed by atoms with Crippen molar-refractivity contribution in [2.45, 2.75) is 4.90 Å². The van der Waals surface area contributed by atoms with Gasteiger partial charge in [-0.25, -0.2) is 8.42 Å². The van der Waals surface area contributed by atoms with Crippen molar-refractivity contribution in [3.8, 4) is 0 Å². The molecule has 0 saturated heterocycles. The zero-order valence-corrected chi connectivity index (χ0v) is 16.6. The molecule has 0 aliphatic rings. The van der Waals surface area contributed by atoms with Gasteiger partial charge >= 0.3 is 5.97 Å². The molecule has 29 heavy (non-hydrogen) atoms. The van der Waals surface area contributed by atoms with Crippen LogP contribution in [0.1, 0.15) is 0 Å². The Labute approximate surface area is 171 Å². The number of carbonyl (C=O) groups is 2. The molecule has 0 fully saturated rings. The molecule has 0 saturated carbocycles. The van der Waals surface area contributed by atoms with Gasteiger partial charge in [0.25, 0.3) is 11.6 Å². The van der Waals surface area contributed by atoms with Crippen LogP contribution in [0.5, 0.6) is 0 Å². The van der Waals surface area contributed by atoms with Gasteiger partial charge in [-0.2, -0.15) is 4.31 Å². The number of carbonyl (C=O) groups excluding carboxylic acids is 2. The Morgan fingerprint density at radius 2 is 1.86 bits per heavy atom. The number of nitrogens with zero attached hydrogens (tertiary/aromatic N) is 2.